The second kappa shape index (κ2) is 8.89. The number of nitrogens with one attached hydrogen (secondary N) is 1. The minimum atomic E-state index is -0.100. The van der Waals surface area contributed by atoms with Crippen molar-refractivity contribution in [2.45, 2.75) is 39.2 Å². The average molecular weight is 340 g/mol. The highest BCUT2D eigenvalue weighted by molar-refractivity contribution is 5.96. The van der Waals surface area contributed by atoms with Gasteiger partial charge < -0.3 is 16.0 Å². The zero-order valence-electron chi connectivity index (χ0n) is 13.7. The minimum absolute atomic E-state index is 0. The first-order valence-electron chi connectivity index (χ1n) is 8.02. The largest absolute Gasteiger partial charge is 0.339 e. The Morgan fingerprint density at radius 3 is 2.26 bits per heavy atom. The highest BCUT2D eigenvalue weighted by Gasteiger charge is 2.30. The average Bonchev–Trinajstić information content (AvgIpc) is 2.95. The number of halogens is 1. The maximum Gasteiger partial charge on any atom is 0.253 e. The third-order valence-corrected chi connectivity index (χ3v) is 4.36. The first kappa shape index (κ1) is 19.5. The van der Waals surface area contributed by atoms with Gasteiger partial charge in [-0.25, -0.2) is 0 Å². The van der Waals surface area contributed by atoms with E-state index in [0.717, 1.165) is 19.3 Å². The Morgan fingerprint density at radius 2 is 1.78 bits per heavy atom. The van der Waals surface area contributed by atoms with Gasteiger partial charge in [0.2, 0.25) is 5.91 Å². The number of anilines is 1. The zero-order valence-corrected chi connectivity index (χ0v) is 14.6. The van der Waals surface area contributed by atoms with Gasteiger partial charge in [0.1, 0.15) is 0 Å². The van der Waals surface area contributed by atoms with Crippen LogP contribution in [-0.4, -0.2) is 35.8 Å². The number of nitrogens with zero attached hydrogens (tertiary/aromatic N) is 1. The van der Waals surface area contributed by atoms with E-state index in [-0.39, 0.29) is 36.2 Å². The van der Waals surface area contributed by atoms with Crippen LogP contribution in [0.25, 0.3) is 0 Å². The van der Waals surface area contributed by atoms with E-state index in [2.05, 4.69) is 5.32 Å². The lowest BCUT2D eigenvalue weighted by atomic mass is 10.0. The van der Waals surface area contributed by atoms with E-state index in [0.29, 0.717) is 24.3 Å². The molecule has 3 N–H and O–H groups in total. The summed E-state index contributed by atoms with van der Waals surface area (Å²) in [7, 11) is 0. The summed E-state index contributed by atoms with van der Waals surface area (Å²) in [6.45, 7) is 5.29. The molecule has 1 aromatic carbocycles. The summed E-state index contributed by atoms with van der Waals surface area (Å²) >= 11 is 0. The molecule has 1 aliphatic rings. The molecule has 128 valence electrons. The lowest BCUT2D eigenvalue weighted by Crippen LogP contribution is -2.34. The Hall–Kier alpha value is -1.59. The molecule has 1 aromatic rings. The van der Waals surface area contributed by atoms with Crippen molar-refractivity contribution < 1.29 is 9.59 Å². The van der Waals surface area contributed by atoms with Crippen LogP contribution < -0.4 is 11.1 Å². The molecule has 0 spiro atoms. The first-order valence-corrected chi connectivity index (χ1v) is 8.02. The quantitative estimate of drug-likeness (QED) is 0.866. The minimum Gasteiger partial charge on any atom is -0.339 e. The number of benzene rings is 1. The van der Waals surface area contributed by atoms with Crippen molar-refractivity contribution in [2.75, 3.05) is 18.4 Å². The van der Waals surface area contributed by atoms with Gasteiger partial charge in [0, 0.05) is 30.4 Å². The van der Waals surface area contributed by atoms with Crippen molar-refractivity contribution in [2.24, 2.45) is 11.7 Å². The van der Waals surface area contributed by atoms with Crippen molar-refractivity contribution in [3.63, 3.8) is 0 Å². The predicted octanol–water partition coefficient (Wildman–Crippen LogP) is 2.66. The summed E-state index contributed by atoms with van der Waals surface area (Å²) in [5.41, 5.74) is 7.30. The highest BCUT2D eigenvalue weighted by Crippen LogP contribution is 2.25. The van der Waals surface area contributed by atoms with E-state index in [1.807, 2.05) is 13.8 Å². The lowest BCUT2D eigenvalue weighted by Gasteiger charge is -2.19. The SMILES string of the molecule is CCN(CC)C(=O)c1ccc(NC(=O)C2CCCC2N)cc1.Cl. The molecule has 1 saturated carbocycles. The van der Waals surface area contributed by atoms with Crippen molar-refractivity contribution in [1.29, 1.82) is 0 Å². The second-order valence-electron chi connectivity index (χ2n) is 5.75. The lowest BCUT2D eigenvalue weighted by molar-refractivity contribution is -0.120. The van der Waals surface area contributed by atoms with Gasteiger partial charge in [-0.1, -0.05) is 6.42 Å². The molecule has 0 saturated heterocycles. The Bertz CT molecular complexity index is 529. The number of carbonyl (C=O) groups is 2. The Balaban J connectivity index is 0.00000264. The fraction of sp³-hybridized carbons (Fsp3) is 0.529. The Kier molecular flexibility index (Phi) is 7.52. The zero-order chi connectivity index (χ0) is 16.1. The molecule has 0 aromatic heterocycles. The maximum atomic E-state index is 12.2. The van der Waals surface area contributed by atoms with Crippen molar-refractivity contribution in [3.05, 3.63) is 29.8 Å². The van der Waals surface area contributed by atoms with Gasteiger partial charge in [0.15, 0.2) is 0 Å². The molecular formula is C17H26ClN3O2. The molecule has 0 aliphatic heterocycles. The van der Waals surface area contributed by atoms with Gasteiger partial charge >= 0.3 is 0 Å². The van der Waals surface area contributed by atoms with E-state index < -0.39 is 0 Å². The number of rotatable bonds is 5. The molecule has 1 fully saturated rings. The molecule has 2 atom stereocenters. The molecule has 2 unspecified atom stereocenters. The smallest absolute Gasteiger partial charge is 0.253 e. The summed E-state index contributed by atoms with van der Waals surface area (Å²) in [5.74, 6) is -0.106. The van der Waals surface area contributed by atoms with Gasteiger partial charge in [-0.05, 0) is 51.0 Å². The number of hydrogen-bond acceptors (Lipinski definition) is 3. The Labute approximate surface area is 144 Å². The van der Waals surface area contributed by atoms with E-state index in [1.165, 1.54) is 0 Å². The van der Waals surface area contributed by atoms with Crippen LogP contribution in [0.5, 0.6) is 0 Å². The van der Waals surface area contributed by atoms with Gasteiger partial charge in [0.25, 0.3) is 5.91 Å². The van der Waals surface area contributed by atoms with Crippen LogP contribution >= 0.6 is 12.4 Å². The fourth-order valence-corrected chi connectivity index (χ4v) is 2.94. The number of nitrogens with two attached hydrogens (primary N) is 1. The van der Waals surface area contributed by atoms with Crippen LogP contribution in [0.1, 0.15) is 43.5 Å². The van der Waals surface area contributed by atoms with Crippen LogP contribution in [0.4, 0.5) is 5.69 Å². The number of hydrogen-bond donors (Lipinski definition) is 2. The summed E-state index contributed by atoms with van der Waals surface area (Å²) < 4.78 is 0. The predicted molar refractivity (Wildman–Crippen MR) is 94.9 cm³/mol. The summed E-state index contributed by atoms with van der Waals surface area (Å²) in [6, 6.07) is 7.02. The third-order valence-electron chi connectivity index (χ3n) is 4.36. The fourth-order valence-electron chi connectivity index (χ4n) is 2.94. The second-order valence-corrected chi connectivity index (χ2v) is 5.75. The summed E-state index contributed by atoms with van der Waals surface area (Å²) in [4.78, 5) is 26.2. The summed E-state index contributed by atoms with van der Waals surface area (Å²) in [5, 5.41) is 2.89. The monoisotopic (exact) mass is 339 g/mol. The molecule has 1 aliphatic carbocycles. The molecular weight excluding hydrogens is 314 g/mol. The molecule has 2 amide bonds. The van der Waals surface area contributed by atoms with Gasteiger partial charge in [0.05, 0.1) is 5.92 Å². The van der Waals surface area contributed by atoms with Gasteiger partial charge in [-0.2, -0.15) is 0 Å². The molecule has 0 heterocycles. The third kappa shape index (κ3) is 4.69. The summed E-state index contributed by atoms with van der Waals surface area (Å²) in [6.07, 6.45) is 2.78. The van der Waals surface area contributed by atoms with Crippen molar-refractivity contribution in [3.8, 4) is 0 Å². The number of carbonyl (C=O) groups excluding carboxylic acids is 2. The molecule has 6 heteroatoms. The van der Waals surface area contributed by atoms with E-state index in [4.69, 9.17) is 5.73 Å². The molecule has 0 bridgehead atoms. The van der Waals surface area contributed by atoms with Crippen LogP contribution in [-0.2, 0) is 4.79 Å². The molecule has 2 rings (SSSR count). The normalized spacial score (nSPS) is 19.8. The van der Waals surface area contributed by atoms with E-state index in [1.54, 1.807) is 29.2 Å². The topological polar surface area (TPSA) is 75.4 Å². The van der Waals surface area contributed by atoms with E-state index >= 15 is 0 Å². The molecule has 23 heavy (non-hydrogen) atoms. The molecule has 5 nitrogen and oxygen atoms in total. The maximum absolute atomic E-state index is 12.2. The Morgan fingerprint density at radius 1 is 1.17 bits per heavy atom. The van der Waals surface area contributed by atoms with Gasteiger partial charge in [-0.3, -0.25) is 9.59 Å². The standard InChI is InChI=1S/C17H25N3O2.ClH/c1-3-20(4-2)17(22)12-8-10-13(11-9-12)19-16(21)14-6-5-7-15(14)18;/h8-11,14-15H,3-7,18H2,1-2H3,(H,19,21);1H. The highest BCUT2D eigenvalue weighted by atomic mass is 35.5. The van der Waals surface area contributed by atoms with Crippen LogP contribution in [0, 0.1) is 5.92 Å². The van der Waals surface area contributed by atoms with Crippen LogP contribution in [0.15, 0.2) is 24.3 Å². The van der Waals surface area contributed by atoms with E-state index in [9.17, 15) is 9.59 Å². The van der Waals surface area contributed by atoms with Gasteiger partial charge in [-0.15, -0.1) is 12.4 Å². The molecule has 0 radical (unpaired) electrons. The van der Waals surface area contributed by atoms with Crippen molar-refractivity contribution in [1.82, 2.24) is 4.90 Å². The van der Waals surface area contributed by atoms with Crippen LogP contribution in [0.2, 0.25) is 0 Å². The van der Waals surface area contributed by atoms with Crippen LogP contribution in [0.3, 0.4) is 0 Å². The number of amides is 2. The first-order chi connectivity index (χ1) is 10.6. The van der Waals surface area contributed by atoms with Crippen molar-refractivity contribution >= 4 is 29.9 Å².